The van der Waals surface area contributed by atoms with Crippen LogP contribution in [0.2, 0.25) is 0 Å². The van der Waals surface area contributed by atoms with E-state index in [4.69, 9.17) is 0 Å². The summed E-state index contributed by atoms with van der Waals surface area (Å²) in [5, 5.41) is 18.1. The molecule has 1 aliphatic rings. The lowest BCUT2D eigenvalue weighted by Gasteiger charge is -2.10. The molecule has 0 heterocycles. The van der Waals surface area contributed by atoms with Gasteiger partial charge in [-0.05, 0) is 17.7 Å². The topological polar surface area (TPSA) is 74.6 Å². The maximum Gasteiger partial charge on any atom is 0.154 e. The summed E-state index contributed by atoms with van der Waals surface area (Å²) in [6, 6.07) is 5.52. The van der Waals surface area contributed by atoms with Crippen LogP contribution in [0.15, 0.2) is 24.3 Å². The molecular formula is C13H17FO4S. The highest BCUT2D eigenvalue weighted by molar-refractivity contribution is 7.92. The Hall–Kier alpha value is -0.980. The fourth-order valence-corrected chi connectivity index (χ4v) is 4.94. The van der Waals surface area contributed by atoms with Gasteiger partial charge < -0.3 is 10.2 Å². The Bertz CT molecular complexity index is 549. The molecule has 0 saturated heterocycles. The Labute approximate surface area is 111 Å². The number of aliphatic hydroxyl groups is 2. The van der Waals surface area contributed by atoms with Crippen molar-refractivity contribution in [2.45, 2.75) is 18.1 Å². The van der Waals surface area contributed by atoms with Gasteiger partial charge in [-0.3, -0.25) is 0 Å². The lowest BCUT2D eigenvalue weighted by molar-refractivity contribution is 0.130. The predicted molar refractivity (Wildman–Crippen MR) is 69.0 cm³/mol. The number of hydrogen-bond donors (Lipinski definition) is 2. The quantitative estimate of drug-likeness (QED) is 0.836. The van der Waals surface area contributed by atoms with Crippen LogP contribution in [-0.4, -0.2) is 42.8 Å². The van der Waals surface area contributed by atoms with E-state index >= 15 is 0 Å². The Kier molecular flexibility index (Phi) is 3.68. The van der Waals surface area contributed by atoms with Crippen molar-refractivity contribution >= 4 is 9.84 Å². The number of halogens is 1. The summed E-state index contributed by atoms with van der Waals surface area (Å²) in [6.07, 6.45) is 0. The van der Waals surface area contributed by atoms with Crippen LogP contribution in [0.3, 0.4) is 0 Å². The lowest BCUT2D eigenvalue weighted by Crippen LogP contribution is -2.23. The second-order valence-electron chi connectivity index (χ2n) is 4.95. The van der Waals surface area contributed by atoms with Crippen molar-refractivity contribution in [3.05, 3.63) is 35.6 Å². The first-order valence-electron chi connectivity index (χ1n) is 6.11. The zero-order chi connectivity index (χ0) is 14.3. The van der Waals surface area contributed by atoms with Gasteiger partial charge in [-0.1, -0.05) is 19.1 Å². The molecule has 2 rings (SSSR count). The van der Waals surface area contributed by atoms with Gasteiger partial charge in [-0.15, -0.1) is 0 Å². The summed E-state index contributed by atoms with van der Waals surface area (Å²) in [7, 11) is -3.38. The molecule has 1 saturated carbocycles. The van der Waals surface area contributed by atoms with Gasteiger partial charge in [0.15, 0.2) is 9.84 Å². The van der Waals surface area contributed by atoms with E-state index in [1.807, 2.05) is 0 Å². The number of aliphatic hydroxyl groups excluding tert-OH is 2. The monoisotopic (exact) mass is 288 g/mol. The molecule has 1 aromatic carbocycles. The van der Waals surface area contributed by atoms with E-state index in [2.05, 4.69) is 0 Å². The molecular weight excluding hydrogens is 271 g/mol. The van der Waals surface area contributed by atoms with E-state index in [1.165, 1.54) is 31.2 Å². The zero-order valence-corrected chi connectivity index (χ0v) is 11.4. The smallest absolute Gasteiger partial charge is 0.154 e. The first kappa shape index (κ1) is 14.4. The van der Waals surface area contributed by atoms with E-state index in [0.29, 0.717) is 5.56 Å². The molecule has 0 radical (unpaired) electrons. The Balaban J connectivity index is 2.42. The van der Waals surface area contributed by atoms with Crippen molar-refractivity contribution in [2.24, 2.45) is 5.41 Å². The number of rotatable bonds is 5. The minimum absolute atomic E-state index is 0.0445. The van der Waals surface area contributed by atoms with E-state index < -0.39 is 45.5 Å². The second kappa shape index (κ2) is 4.85. The van der Waals surface area contributed by atoms with E-state index in [-0.39, 0.29) is 5.75 Å². The van der Waals surface area contributed by atoms with Gasteiger partial charge in [0.1, 0.15) is 5.82 Å². The second-order valence-corrected chi connectivity index (χ2v) is 7.36. The SMILES string of the molecule is CCS(=O)(=O)[C@H]1[C@H](c2ccc(F)cc2)C1(CO)CO. The summed E-state index contributed by atoms with van der Waals surface area (Å²) >= 11 is 0. The number of sulfone groups is 1. The zero-order valence-electron chi connectivity index (χ0n) is 10.6. The highest BCUT2D eigenvalue weighted by Gasteiger charge is 2.69. The van der Waals surface area contributed by atoms with Crippen LogP contribution >= 0.6 is 0 Å². The van der Waals surface area contributed by atoms with E-state index in [1.54, 1.807) is 0 Å². The normalized spacial score (nSPS) is 25.3. The van der Waals surface area contributed by atoms with Crippen LogP contribution in [0.25, 0.3) is 0 Å². The van der Waals surface area contributed by atoms with Crippen LogP contribution < -0.4 is 0 Å². The summed E-state index contributed by atoms with van der Waals surface area (Å²) in [4.78, 5) is 0. The first-order chi connectivity index (χ1) is 8.93. The fourth-order valence-electron chi connectivity index (χ4n) is 2.80. The van der Waals surface area contributed by atoms with E-state index in [9.17, 15) is 23.0 Å². The highest BCUT2D eigenvalue weighted by Crippen LogP contribution is 2.62. The Morgan fingerprint density at radius 1 is 1.21 bits per heavy atom. The Morgan fingerprint density at radius 3 is 2.16 bits per heavy atom. The summed E-state index contributed by atoms with van der Waals surface area (Å²) in [6.45, 7) is 0.722. The molecule has 106 valence electrons. The molecule has 1 aromatic rings. The molecule has 0 bridgehead atoms. The van der Waals surface area contributed by atoms with Crippen LogP contribution in [0.5, 0.6) is 0 Å². The molecule has 0 unspecified atom stereocenters. The van der Waals surface area contributed by atoms with Crippen molar-refractivity contribution in [3.63, 3.8) is 0 Å². The third-order valence-electron chi connectivity index (χ3n) is 3.99. The minimum atomic E-state index is -3.38. The van der Waals surface area contributed by atoms with Crippen molar-refractivity contribution in [3.8, 4) is 0 Å². The van der Waals surface area contributed by atoms with Crippen molar-refractivity contribution in [1.82, 2.24) is 0 Å². The molecule has 19 heavy (non-hydrogen) atoms. The van der Waals surface area contributed by atoms with Gasteiger partial charge in [-0.2, -0.15) is 0 Å². The number of hydrogen-bond acceptors (Lipinski definition) is 4. The summed E-state index contributed by atoms with van der Waals surface area (Å²) in [5.74, 6) is -0.928. The predicted octanol–water partition coefficient (Wildman–Crippen LogP) is 0.697. The molecule has 1 fully saturated rings. The van der Waals surface area contributed by atoms with Crippen LogP contribution in [-0.2, 0) is 9.84 Å². The maximum atomic E-state index is 12.9. The van der Waals surface area contributed by atoms with Gasteiger partial charge in [0, 0.05) is 17.1 Å². The molecule has 0 spiro atoms. The molecule has 2 N–H and O–H groups in total. The minimum Gasteiger partial charge on any atom is -0.396 e. The largest absolute Gasteiger partial charge is 0.396 e. The fraction of sp³-hybridized carbons (Fsp3) is 0.538. The van der Waals surface area contributed by atoms with Crippen LogP contribution in [0, 0.1) is 11.2 Å². The maximum absolute atomic E-state index is 12.9. The molecule has 4 nitrogen and oxygen atoms in total. The molecule has 1 aliphatic carbocycles. The standard InChI is InChI=1S/C13H17FO4S/c1-2-19(17,18)12-11(13(12,7-15)8-16)9-3-5-10(14)6-4-9/h3-6,11-12,15-16H,2,7-8H2,1H3/t11-,12-/m0/s1. The average molecular weight is 288 g/mol. The lowest BCUT2D eigenvalue weighted by atomic mass is 10.0. The van der Waals surface area contributed by atoms with Gasteiger partial charge in [0.2, 0.25) is 0 Å². The summed E-state index contributed by atoms with van der Waals surface area (Å²) in [5.41, 5.74) is -0.418. The molecule has 6 heteroatoms. The van der Waals surface area contributed by atoms with Crippen LogP contribution in [0.4, 0.5) is 4.39 Å². The molecule has 0 aliphatic heterocycles. The van der Waals surface area contributed by atoms with Gasteiger partial charge in [-0.25, -0.2) is 12.8 Å². The van der Waals surface area contributed by atoms with Crippen molar-refractivity contribution < 1.29 is 23.0 Å². The van der Waals surface area contributed by atoms with Gasteiger partial charge in [0.25, 0.3) is 0 Å². The molecule has 0 aromatic heterocycles. The van der Waals surface area contributed by atoms with Gasteiger partial charge >= 0.3 is 0 Å². The number of benzene rings is 1. The van der Waals surface area contributed by atoms with Crippen LogP contribution in [0.1, 0.15) is 18.4 Å². The van der Waals surface area contributed by atoms with E-state index in [0.717, 1.165) is 0 Å². The third kappa shape index (κ3) is 2.17. The first-order valence-corrected chi connectivity index (χ1v) is 7.83. The van der Waals surface area contributed by atoms with Crippen molar-refractivity contribution in [2.75, 3.05) is 19.0 Å². The molecule has 2 atom stereocenters. The Morgan fingerprint density at radius 2 is 1.74 bits per heavy atom. The third-order valence-corrected chi connectivity index (χ3v) is 6.31. The summed E-state index contributed by atoms with van der Waals surface area (Å²) < 4.78 is 37.0. The average Bonchev–Trinajstić information content (AvgIpc) is 3.10. The van der Waals surface area contributed by atoms with Gasteiger partial charge in [0.05, 0.1) is 18.5 Å². The molecule has 0 amide bonds. The van der Waals surface area contributed by atoms with Crippen molar-refractivity contribution in [1.29, 1.82) is 0 Å². The highest BCUT2D eigenvalue weighted by atomic mass is 32.2.